The summed E-state index contributed by atoms with van der Waals surface area (Å²) in [6.07, 6.45) is 4.08. The number of hydrogen-bond acceptors (Lipinski definition) is 5. The molecule has 0 saturated heterocycles. The Bertz CT molecular complexity index is 1400. The first-order valence-corrected chi connectivity index (χ1v) is 13.7. The minimum absolute atomic E-state index is 0.0000985. The maximum Gasteiger partial charge on any atom is 0.224 e. The average molecular weight is 550 g/mol. The number of benzene rings is 3. The van der Waals surface area contributed by atoms with Crippen molar-refractivity contribution in [2.45, 2.75) is 45.6 Å². The van der Waals surface area contributed by atoms with Gasteiger partial charge in [0.25, 0.3) is 0 Å². The van der Waals surface area contributed by atoms with Gasteiger partial charge >= 0.3 is 0 Å². The van der Waals surface area contributed by atoms with Crippen molar-refractivity contribution in [1.29, 1.82) is 0 Å². The number of nitrogens with one attached hydrogen (secondary N) is 1. The molecule has 4 aromatic rings. The third-order valence-corrected chi connectivity index (χ3v) is 7.08. The average Bonchev–Trinajstić information content (AvgIpc) is 3.29. The first-order chi connectivity index (χ1) is 19.0. The summed E-state index contributed by atoms with van der Waals surface area (Å²) in [5.74, 6) is 3.15. The summed E-state index contributed by atoms with van der Waals surface area (Å²) in [6.45, 7) is 3.88. The third-order valence-electron chi connectivity index (χ3n) is 6.66. The van der Waals surface area contributed by atoms with Crippen LogP contribution >= 0.6 is 11.6 Å². The van der Waals surface area contributed by atoms with Gasteiger partial charge in [-0.05, 0) is 73.4 Å². The molecule has 8 heteroatoms. The van der Waals surface area contributed by atoms with Crippen LogP contribution in [0.25, 0.3) is 11.0 Å². The summed E-state index contributed by atoms with van der Waals surface area (Å²) in [5, 5.41) is 3.76. The molecule has 0 aliphatic carbocycles. The van der Waals surface area contributed by atoms with E-state index in [2.05, 4.69) is 16.0 Å². The lowest BCUT2D eigenvalue weighted by atomic mass is 10.1. The van der Waals surface area contributed by atoms with E-state index in [0.29, 0.717) is 37.6 Å². The normalized spacial score (nSPS) is 11.0. The number of carbonyl (C=O) groups is 1. The molecule has 39 heavy (non-hydrogen) atoms. The molecule has 0 saturated carbocycles. The molecule has 0 bridgehead atoms. The highest BCUT2D eigenvalue weighted by Crippen LogP contribution is 2.27. The fourth-order valence-corrected chi connectivity index (χ4v) is 4.70. The van der Waals surface area contributed by atoms with E-state index in [-0.39, 0.29) is 5.91 Å². The molecule has 0 aliphatic rings. The largest absolute Gasteiger partial charge is 0.493 e. The number of imidazole rings is 1. The molecule has 1 N–H and O–H groups in total. The zero-order valence-corrected chi connectivity index (χ0v) is 23.6. The summed E-state index contributed by atoms with van der Waals surface area (Å²) in [5.41, 5.74) is 4.00. The number of halogens is 1. The molecule has 1 aromatic heterocycles. The molecular formula is C31H36ClN3O4. The first kappa shape index (κ1) is 28.3. The molecule has 0 unspecified atom stereocenters. The van der Waals surface area contributed by atoms with Crippen molar-refractivity contribution in [3.63, 3.8) is 0 Å². The maximum absolute atomic E-state index is 12.4. The molecule has 206 valence electrons. The van der Waals surface area contributed by atoms with Crippen molar-refractivity contribution in [3.8, 4) is 17.2 Å². The van der Waals surface area contributed by atoms with Crippen molar-refractivity contribution >= 4 is 28.5 Å². The van der Waals surface area contributed by atoms with Crippen LogP contribution < -0.4 is 19.5 Å². The Kier molecular flexibility index (Phi) is 10.1. The summed E-state index contributed by atoms with van der Waals surface area (Å²) in [7, 11) is 3.19. The second kappa shape index (κ2) is 13.9. The predicted octanol–water partition coefficient (Wildman–Crippen LogP) is 6.17. The van der Waals surface area contributed by atoms with Gasteiger partial charge in [-0.1, -0.05) is 36.2 Å². The van der Waals surface area contributed by atoms with E-state index in [1.54, 1.807) is 14.2 Å². The molecule has 1 heterocycles. The van der Waals surface area contributed by atoms with E-state index < -0.39 is 0 Å². The van der Waals surface area contributed by atoms with E-state index >= 15 is 0 Å². The van der Waals surface area contributed by atoms with Gasteiger partial charge in [-0.2, -0.15) is 0 Å². The van der Waals surface area contributed by atoms with Crippen LogP contribution in [0.4, 0.5) is 0 Å². The van der Waals surface area contributed by atoms with E-state index in [4.69, 9.17) is 30.8 Å². The highest BCUT2D eigenvalue weighted by molar-refractivity contribution is 6.31. The number of methoxy groups -OCH3 is 2. The minimum Gasteiger partial charge on any atom is -0.493 e. The molecule has 7 nitrogen and oxygen atoms in total. The number of amides is 1. The van der Waals surface area contributed by atoms with Crippen molar-refractivity contribution < 1.29 is 19.0 Å². The van der Waals surface area contributed by atoms with Crippen LogP contribution in [0.1, 0.15) is 36.2 Å². The Balaban J connectivity index is 1.23. The summed E-state index contributed by atoms with van der Waals surface area (Å²) < 4.78 is 18.8. The number of ether oxygens (including phenoxy) is 3. The number of unbranched alkanes of at least 4 members (excludes halogenated alkanes) is 2. The van der Waals surface area contributed by atoms with Gasteiger partial charge in [-0.3, -0.25) is 4.79 Å². The Hall–Kier alpha value is -3.71. The van der Waals surface area contributed by atoms with E-state index in [9.17, 15) is 4.79 Å². The SMILES string of the molecule is COc1ccc(CC(=O)NCCCCCc2nc3ccccc3n2CCOc2ccc(Cl)c(C)c2)cc1OC. The molecule has 0 radical (unpaired) electrons. The molecule has 0 fully saturated rings. The second-order valence-electron chi connectivity index (χ2n) is 9.45. The molecule has 0 aliphatic heterocycles. The van der Waals surface area contributed by atoms with Crippen molar-refractivity contribution in [2.24, 2.45) is 0 Å². The van der Waals surface area contributed by atoms with E-state index in [1.807, 2.05) is 61.5 Å². The fraction of sp³-hybridized carbons (Fsp3) is 0.355. The van der Waals surface area contributed by atoms with Crippen LogP contribution in [0.5, 0.6) is 17.2 Å². The molecule has 3 aromatic carbocycles. The summed E-state index contributed by atoms with van der Waals surface area (Å²) in [4.78, 5) is 17.3. The Morgan fingerprint density at radius 1 is 0.974 bits per heavy atom. The van der Waals surface area contributed by atoms with Crippen LogP contribution in [0.3, 0.4) is 0 Å². The number of hydrogen-bond donors (Lipinski definition) is 1. The third kappa shape index (κ3) is 7.67. The van der Waals surface area contributed by atoms with Gasteiger partial charge in [-0.25, -0.2) is 4.98 Å². The van der Waals surface area contributed by atoms with Crippen molar-refractivity contribution in [3.05, 3.63) is 82.6 Å². The minimum atomic E-state index is -0.0000985. The Morgan fingerprint density at radius 3 is 2.59 bits per heavy atom. The number of para-hydroxylation sites is 2. The van der Waals surface area contributed by atoms with E-state index in [1.165, 1.54) is 0 Å². The standard InChI is InChI=1S/C31H36ClN3O4/c1-22-19-24(13-14-25(22)32)39-18-17-35-27-10-7-6-9-26(27)34-30(35)11-5-4-8-16-33-31(36)21-23-12-15-28(37-2)29(20-23)38-3/h6-7,9-10,12-15,19-20H,4-5,8,11,16-18,21H2,1-3H3,(H,33,36). The van der Waals surface area contributed by atoms with Gasteiger partial charge in [0, 0.05) is 18.0 Å². The zero-order chi connectivity index (χ0) is 27.6. The monoisotopic (exact) mass is 549 g/mol. The number of aryl methyl sites for hydroxylation is 2. The number of fused-ring (bicyclic) bond motifs is 1. The molecule has 4 rings (SSSR count). The van der Waals surface area contributed by atoms with Crippen LogP contribution in [0, 0.1) is 6.92 Å². The van der Waals surface area contributed by atoms with Crippen LogP contribution in [0.2, 0.25) is 5.02 Å². The molecule has 1 amide bonds. The molecule has 0 spiro atoms. The van der Waals surface area contributed by atoms with E-state index in [0.717, 1.165) is 64.4 Å². The smallest absolute Gasteiger partial charge is 0.224 e. The lowest BCUT2D eigenvalue weighted by Crippen LogP contribution is -2.26. The fourth-order valence-electron chi connectivity index (χ4n) is 4.58. The van der Waals surface area contributed by atoms with Crippen molar-refractivity contribution in [2.75, 3.05) is 27.4 Å². The lowest BCUT2D eigenvalue weighted by Gasteiger charge is -2.12. The predicted molar refractivity (Wildman–Crippen MR) is 155 cm³/mol. The van der Waals surface area contributed by atoms with Gasteiger partial charge in [0.15, 0.2) is 11.5 Å². The van der Waals surface area contributed by atoms with Crippen LogP contribution in [-0.4, -0.2) is 42.8 Å². The maximum atomic E-state index is 12.4. The zero-order valence-electron chi connectivity index (χ0n) is 22.8. The Labute approximate surface area is 235 Å². The highest BCUT2D eigenvalue weighted by Gasteiger charge is 2.11. The number of rotatable bonds is 14. The van der Waals surface area contributed by atoms with Gasteiger partial charge in [0.1, 0.15) is 18.2 Å². The number of aromatic nitrogens is 2. The van der Waals surface area contributed by atoms with Crippen molar-refractivity contribution in [1.82, 2.24) is 14.9 Å². The summed E-state index contributed by atoms with van der Waals surface area (Å²) >= 11 is 6.13. The van der Waals surface area contributed by atoms with Gasteiger partial charge in [0.05, 0.1) is 38.2 Å². The number of nitrogens with zero attached hydrogens (tertiary/aromatic N) is 2. The van der Waals surface area contributed by atoms with Gasteiger partial charge < -0.3 is 24.1 Å². The first-order valence-electron chi connectivity index (χ1n) is 13.3. The quantitative estimate of drug-likeness (QED) is 0.190. The second-order valence-corrected chi connectivity index (χ2v) is 9.86. The molecular weight excluding hydrogens is 514 g/mol. The lowest BCUT2D eigenvalue weighted by molar-refractivity contribution is -0.120. The topological polar surface area (TPSA) is 74.6 Å². The van der Waals surface area contributed by atoms with Crippen LogP contribution in [-0.2, 0) is 24.2 Å². The Morgan fingerprint density at radius 2 is 1.79 bits per heavy atom. The highest BCUT2D eigenvalue weighted by atomic mass is 35.5. The summed E-state index contributed by atoms with van der Waals surface area (Å²) in [6, 6.07) is 19.5. The van der Waals surface area contributed by atoms with Crippen LogP contribution in [0.15, 0.2) is 60.7 Å². The molecule has 0 atom stereocenters. The number of carbonyl (C=O) groups excluding carboxylic acids is 1. The van der Waals surface area contributed by atoms with Gasteiger partial charge in [0.2, 0.25) is 5.91 Å². The van der Waals surface area contributed by atoms with Gasteiger partial charge in [-0.15, -0.1) is 0 Å².